The van der Waals surface area contributed by atoms with Crippen LogP contribution in [0.5, 0.6) is 5.75 Å². The van der Waals surface area contributed by atoms with Crippen LogP contribution in [0.4, 0.5) is 4.39 Å². The first-order chi connectivity index (χ1) is 8.69. The first-order valence-electron chi connectivity index (χ1n) is 5.12. The average molecular weight is 263 g/mol. The SMILES string of the molecule is N#Cc1ccc(OCc2cc(Cl)ccn2)c(F)c1. The Labute approximate surface area is 108 Å². The lowest BCUT2D eigenvalue weighted by Gasteiger charge is -2.06. The van der Waals surface area contributed by atoms with Gasteiger partial charge in [-0.15, -0.1) is 0 Å². The molecule has 18 heavy (non-hydrogen) atoms. The minimum atomic E-state index is -0.573. The summed E-state index contributed by atoms with van der Waals surface area (Å²) in [5.41, 5.74) is 0.854. The van der Waals surface area contributed by atoms with E-state index in [1.54, 1.807) is 18.3 Å². The van der Waals surface area contributed by atoms with Crippen molar-refractivity contribution in [2.45, 2.75) is 6.61 Å². The van der Waals surface area contributed by atoms with Gasteiger partial charge in [-0.25, -0.2) is 4.39 Å². The number of rotatable bonds is 3. The van der Waals surface area contributed by atoms with Crippen LogP contribution in [0.1, 0.15) is 11.3 Å². The fourth-order valence-corrected chi connectivity index (χ4v) is 1.55. The third-order valence-corrected chi connectivity index (χ3v) is 2.45. The Morgan fingerprint density at radius 2 is 2.17 bits per heavy atom. The summed E-state index contributed by atoms with van der Waals surface area (Å²) in [4.78, 5) is 4.03. The Morgan fingerprint density at radius 1 is 1.33 bits per heavy atom. The molecule has 0 aliphatic carbocycles. The van der Waals surface area contributed by atoms with Crippen LogP contribution >= 0.6 is 11.6 Å². The van der Waals surface area contributed by atoms with Crippen molar-refractivity contribution >= 4 is 11.6 Å². The Balaban J connectivity index is 2.09. The van der Waals surface area contributed by atoms with Gasteiger partial charge >= 0.3 is 0 Å². The molecule has 3 nitrogen and oxygen atoms in total. The molecule has 0 saturated heterocycles. The molecule has 0 amide bonds. The van der Waals surface area contributed by atoms with Crippen LogP contribution in [-0.2, 0) is 6.61 Å². The largest absolute Gasteiger partial charge is 0.484 e. The van der Waals surface area contributed by atoms with E-state index in [-0.39, 0.29) is 17.9 Å². The smallest absolute Gasteiger partial charge is 0.166 e. The zero-order valence-electron chi connectivity index (χ0n) is 9.23. The van der Waals surface area contributed by atoms with E-state index in [0.717, 1.165) is 6.07 Å². The summed E-state index contributed by atoms with van der Waals surface area (Å²) in [6, 6.07) is 9.17. The first kappa shape index (κ1) is 12.3. The molecule has 0 unspecified atom stereocenters. The van der Waals surface area contributed by atoms with E-state index in [1.165, 1.54) is 12.1 Å². The molecule has 1 aromatic heterocycles. The van der Waals surface area contributed by atoms with Crippen molar-refractivity contribution in [1.82, 2.24) is 4.98 Å². The fourth-order valence-electron chi connectivity index (χ4n) is 1.37. The quantitative estimate of drug-likeness (QED) is 0.852. The van der Waals surface area contributed by atoms with Crippen LogP contribution in [0.2, 0.25) is 5.02 Å². The minimum absolute atomic E-state index is 0.0794. The molecule has 2 rings (SSSR count). The molecule has 0 atom stereocenters. The second-order valence-electron chi connectivity index (χ2n) is 3.51. The Morgan fingerprint density at radius 3 is 2.83 bits per heavy atom. The fraction of sp³-hybridized carbons (Fsp3) is 0.0769. The van der Waals surface area contributed by atoms with Crippen LogP contribution < -0.4 is 4.74 Å². The van der Waals surface area contributed by atoms with Gasteiger partial charge in [-0.05, 0) is 30.3 Å². The lowest BCUT2D eigenvalue weighted by atomic mass is 10.2. The lowest BCUT2D eigenvalue weighted by molar-refractivity contribution is 0.286. The highest BCUT2D eigenvalue weighted by molar-refractivity contribution is 6.30. The molecule has 0 radical (unpaired) electrons. The molecule has 0 N–H and O–H groups in total. The summed E-state index contributed by atoms with van der Waals surface area (Å²) in [5, 5.41) is 9.15. The minimum Gasteiger partial charge on any atom is -0.484 e. The highest BCUT2D eigenvalue weighted by atomic mass is 35.5. The summed E-state index contributed by atoms with van der Waals surface area (Å²) < 4.78 is 18.8. The van der Waals surface area contributed by atoms with E-state index >= 15 is 0 Å². The van der Waals surface area contributed by atoms with Gasteiger partial charge < -0.3 is 4.74 Å². The number of hydrogen-bond acceptors (Lipinski definition) is 3. The predicted octanol–water partition coefficient (Wildman–Crippen LogP) is 3.32. The van der Waals surface area contributed by atoms with E-state index in [0.29, 0.717) is 10.7 Å². The molecular formula is C13H8ClFN2O. The number of benzene rings is 1. The van der Waals surface area contributed by atoms with Crippen molar-refractivity contribution in [3.63, 3.8) is 0 Å². The van der Waals surface area contributed by atoms with E-state index in [1.807, 2.05) is 6.07 Å². The number of nitrogens with zero attached hydrogens (tertiary/aromatic N) is 2. The molecule has 5 heteroatoms. The van der Waals surface area contributed by atoms with Crippen molar-refractivity contribution in [1.29, 1.82) is 5.26 Å². The summed E-state index contributed by atoms with van der Waals surface area (Å²) in [6.07, 6.45) is 1.55. The molecule has 0 bridgehead atoms. The zero-order chi connectivity index (χ0) is 13.0. The van der Waals surface area contributed by atoms with Gasteiger partial charge in [0, 0.05) is 11.2 Å². The van der Waals surface area contributed by atoms with E-state index in [9.17, 15) is 4.39 Å². The number of nitriles is 1. The molecule has 0 fully saturated rings. The molecule has 1 heterocycles. The van der Waals surface area contributed by atoms with E-state index in [2.05, 4.69) is 4.98 Å². The van der Waals surface area contributed by atoms with Crippen LogP contribution in [0.25, 0.3) is 0 Å². The van der Waals surface area contributed by atoms with Gasteiger partial charge in [-0.1, -0.05) is 11.6 Å². The van der Waals surface area contributed by atoms with Crippen LogP contribution in [0.15, 0.2) is 36.5 Å². The molecule has 2 aromatic rings. The highest BCUT2D eigenvalue weighted by Crippen LogP contribution is 2.19. The zero-order valence-corrected chi connectivity index (χ0v) is 9.99. The van der Waals surface area contributed by atoms with Crippen molar-refractivity contribution in [3.05, 3.63) is 58.6 Å². The van der Waals surface area contributed by atoms with Gasteiger partial charge in [0.2, 0.25) is 0 Å². The Hall–Kier alpha value is -2.12. The van der Waals surface area contributed by atoms with Crippen LogP contribution in [-0.4, -0.2) is 4.98 Å². The van der Waals surface area contributed by atoms with Crippen molar-refractivity contribution in [2.24, 2.45) is 0 Å². The summed E-state index contributed by atoms with van der Waals surface area (Å²) in [5.74, 6) is -0.494. The van der Waals surface area contributed by atoms with Gasteiger partial charge in [0.05, 0.1) is 17.3 Å². The molecule has 0 aliphatic rings. The van der Waals surface area contributed by atoms with Gasteiger partial charge in [-0.3, -0.25) is 4.98 Å². The molecule has 90 valence electrons. The van der Waals surface area contributed by atoms with Gasteiger partial charge in [0.1, 0.15) is 6.61 Å². The maximum absolute atomic E-state index is 13.5. The summed E-state index contributed by atoms with van der Waals surface area (Å²) >= 11 is 5.79. The molecule has 0 spiro atoms. The number of pyridine rings is 1. The van der Waals surface area contributed by atoms with Crippen LogP contribution in [0.3, 0.4) is 0 Å². The second kappa shape index (κ2) is 5.48. The third kappa shape index (κ3) is 2.96. The van der Waals surface area contributed by atoms with Gasteiger partial charge in [0.25, 0.3) is 0 Å². The molecule has 0 aliphatic heterocycles. The Kier molecular flexibility index (Phi) is 3.75. The van der Waals surface area contributed by atoms with E-state index < -0.39 is 5.82 Å². The normalized spacial score (nSPS) is 9.83. The van der Waals surface area contributed by atoms with Crippen LogP contribution in [0, 0.1) is 17.1 Å². The van der Waals surface area contributed by atoms with Gasteiger partial charge in [-0.2, -0.15) is 5.26 Å². The topological polar surface area (TPSA) is 45.9 Å². The number of ether oxygens (including phenoxy) is 1. The molecule has 0 saturated carbocycles. The van der Waals surface area contributed by atoms with Crippen molar-refractivity contribution in [2.75, 3.05) is 0 Å². The van der Waals surface area contributed by atoms with Gasteiger partial charge in [0.15, 0.2) is 11.6 Å². The van der Waals surface area contributed by atoms with E-state index in [4.69, 9.17) is 21.6 Å². The van der Waals surface area contributed by atoms with Crippen molar-refractivity contribution in [3.8, 4) is 11.8 Å². The molecular weight excluding hydrogens is 255 g/mol. The average Bonchev–Trinajstić information content (AvgIpc) is 2.37. The summed E-state index contributed by atoms with van der Waals surface area (Å²) in [6.45, 7) is 0.114. The number of aromatic nitrogens is 1. The summed E-state index contributed by atoms with van der Waals surface area (Å²) in [7, 11) is 0. The standard InChI is InChI=1S/C13H8ClFN2O/c14-10-3-4-17-11(6-10)8-18-13-2-1-9(7-16)5-12(13)15/h1-6H,8H2. The Bertz CT molecular complexity index is 610. The number of hydrogen-bond donors (Lipinski definition) is 0. The highest BCUT2D eigenvalue weighted by Gasteiger charge is 2.05. The number of halogens is 2. The molecule has 1 aromatic carbocycles. The van der Waals surface area contributed by atoms with Crippen molar-refractivity contribution < 1.29 is 9.13 Å². The lowest BCUT2D eigenvalue weighted by Crippen LogP contribution is -1.99. The second-order valence-corrected chi connectivity index (χ2v) is 3.95. The first-order valence-corrected chi connectivity index (χ1v) is 5.50. The monoisotopic (exact) mass is 262 g/mol. The predicted molar refractivity (Wildman–Crippen MR) is 64.7 cm³/mol. The maximum atomic E-state index is 13.5. The maximum Gasteiger partial charge on any atom is 0.166 e. The third-order valence-electron chi connectivity index (χ3n) is 2.22.